The lowest BCUT2D eigenvalue weighted by Crippen LogP contribution is -1.96. The molecule has 0 amide bonds. The SMILES string of the molecule is CC(C)c1ccc(-c2sccc2-c2ccccc2OCc2ccccc2)cc1. The Bertz CT molecular complexity index is 1030. The van der Waals surface area contributed by atoms with Crippen LogP contribution in [0, 0.1) is 0 Å². The zero-order valence-electron chi connectivity index (χ0n) is 16.3. The predicted molar refractivity (Wildman–Crippen MR) is 120 cm³/mol. The molecular formula is C26H24OS. The summed E-state index contributed by atoms with van der Waals surface area (Å²) >= 11 is 1.78. The van der Waals surface area contributed by atoms with Crippen molar-refractivity contribution in [3.05, 3.63) is 101 Å². The Morgan fingerprint density at radius 2 is 1.46 bits per heavy atom. The van der Waals surface area contributed by atoms with Gasteiger partial charge in [0, 0.05) is 16.0 Å². The molecule has 0 atom stereocenters. The summed E-state index contributed by atoms with van der Waals surface area (Å²) < 4.78 is 6.19. The van der Waals surface area contributed by atoms with E-state index in [-0.39, 0.29) is 0 Å². The molecule has 0 fully saturated rings. The van der Waals surface area contributed by atoms with Gasteiger partial charge < -0.3 is 4.74 Å². The first-order valence-electron chi connectivity index (χ1n) is 9.66. The smallest absolute Gasteiger partial charge is 0.127 e. The first kappa shape index (κ1) is 18.5. The van der Waals surface area contributed by atoms with Crippen LogP contribution in [0.2, 0.25) is 0 Å². The Morgan fingerprint density at radius 3 is 2.21 bits per heavy atom. The Hall–Kier alpha value is -2.84. The molecule has 1 nitrogen and oxygen atoms in total. The topological polar surface area (TPSA) is 9.23 Å². The van der Waals surface area contributed by atoms with Crippen LogP contribution < -0.4 is 4.74 Å². The molecule has 140 valence electrons. The Kier molecular flexibility index (Phi) is 5.59. The van der Waals surface area contributed by atoms with Crippen molar-refractivity contribution in [3.8, 4) is 27.3 Å². The van der Waals surface area contributed by atoms with Gasteiger partial charge in [-0.15, -0.1) is 11.3 Å². The van der Waals surface area contributed by atoms with E-state index in [1.807, 2.05) is 24.3 Å². The highest BCUT2D eigenvalue weighted by molar-refractivity contribution is 7.14. The second-order valence-electron chi connectivity index (χ2n) is 7.21. The fraction of sp³-hybridized carbons (Fsp3) is 0.154. The van der Waals surface area contributed by atoms with Crippen molar-refractivity contribution < 1.29 is 4.74 Å². The fourth-order valence-corrected chi connectivity index (χ4v) is 4.23. The molecule has 0 radical (unpaired) electrons. The zero-order chi connectivity index (χ0) is 19.3. The second kappa shape index (κ2) is 8.45. The average Bonchev–Trinajstić information content (AvgIpc) is 3.23. The molecule has 0 aliphatic rings. The van der Waals surface area contributed by atoms with Crippen LogP contribution in [0.15, 0.2) is 90.3 Å². The average molecular weight is 385 g/mol. The fourth-order valence-electron chi connectivity index (χ4n) is 3.31. The van der Waals surface area contributed by atoms with Gasteiger partial charge in [-0.3, -0.25) is 0 Å². The Balaban J connectivity index is 1.65. The zero-order valence-corrected chi connectivity index (χ0v) is 17.1. The summed E-state index contributed by atoms with van der Waals surface area (Å²) in [5.74, 6) is 1.47. The molecule has 4 aromatic rings. The lowest BCUT2D eigenvalue weighted by atomic mass is 9.98. The van der Waals surface area contributed by atoms with E-state index in [0.717, 1.165) is 11.3 Å². The summed E-state index contributed by atoms with van der Waals surface area (Å²) in [7, 11) is 0. The van der Waals surface area contributed by atoms with E-state index in [9.17, 15) is 0 Å². The van der Waals surface area contributed by atoms with Crippen LogP contribution in [-0.2, 0) is 6.61 Å². The first-order chi connectivity index (χ1) is 13.7. The van der Waals surface area contributed by atoms with Gasteiger partial charge in [-0.1, -0.05) is 86.6 Å². The minimum absolute atomic E-state index is 0.545. The molecule has 0 saturated carbocycles. The van der Waals surface area contributed by atoms with Gasteiger partial charge in [-0.05, 0) is 40.1 Å². The van der Waals surface area contributed by atoms with E-state index in [2.05, 4.69) is 79.9 Å². The molecule has 0 spiro atoms. The molecule has 0 aliphatic carbocycles. The largest absolute Gasteiger partial charge is 0.488 e. The maximum Gasteiger partial charge on any atom is 0.127 e. The van der Waals surface area contributed by atoms with E-state index in [4.69, 9.17) is 4.74 Å². The van der Waals surface area contributed by atoms with Crippen molar-refractivity contribution >= 4 is 11.3 Å². The van der Waals surface area contributed by atoms with Gasteiger partial charge in [0.2, 0.25) is 0 Å². The van der Waals surface area contributed by atoms with Gasteiger partial charge in [0.05, 0.1) is 0 Å². The van der Waals surface area contributed by atoms with Crippen LogP contribution in [0.1, 0.15) is 30.9 Å². The summed E-state index contributed by atoms with van der Waals surface area (Å²) in [6.45, 7) is 5.03. The van der Waals surface area contributed by atoms with E-state index in [1.165, 1.54) is 27.1 Å². The highest BCUT2D eigenvalue weighted by Crippen LogP contribution is 2.41. The number of hydrogen-bond acceptors (Lipinski definition) is 2. The molecule has 3 aromatic carbocycles. The standard InChI is InChI=1S/C26H24OS/c1-19(2)21-12-14-22(15-13-21)26-24(16-17-28-26)23-10-6-7-11-25(23)27-18-20-8-4-3-5-9-20/h3-17,19H,18H2,1-2H3. The van der Waals surface area contributed by atoms with Crippen LogP contribution in [0.25, 0.3) is 21.6 Å². The third kappa shape index (κ3) is 4.02. The summed E-state index contributed by atoms with van der Waals surface area (Å²) in [4.78, 5) is 1.28. The normalized spacial score (nSPS) is 11.0. The van der Waals surface area contributed by atoms with E-state index in [1.54, 1.807) is 11.3 Å². The third-order valence-corrected chi connectivity index (χ3v) is 5.88. The summed E-state index contributed by atoms with van der Waals surface area (Å²) in [6, 6.07) is 29.8. The number of ether oxygens (including phenoxy) is 1. The molecule has 2 heteroatoms. The molecular weight excluding hydrogens is 360 g/mol. The third-order valence-electron chi connectivity index (χ3n) is 4.92. The monoisotopic (exact) mass is 384 g/mol. The molecule has 0 N–H and O–H groups in total. The molecule has 1 aromatic heterocycles. The van der Waals surface area contributed by atoms with Gasteiger partial charge in [0.25, 0.3) is 0 Å². The van der Waals surface area contributed by atoms with Crippen LogP contribution in [0.5, 0.6) is 5.75 Å². The van der Waals surface area contributed by atoms with E-state index < -0.39 is 0 Å². The lowest BCUT2D eigenvalue weighted by Gasteiger charge is -2.13. The first-order valence-corrected chi connectivity index (χ1v) is 10.5. The van der Waals surface area contributed by atoms with Crippen LogP contribution in [0.4, 0.5) is 0 Å². The number of thiophene rings is 1. The number of benzene rings is 3. The Morgan fingerprint density at radius 1 is 0.750 bits per heavy atom. The van der Waals surface area contributed by atoms with Crippen molar-refractivity contribution in [1.82, 2.24) is 0 Å². The van der Waals surface area contributed by atoms with Crippen molar-refractivity contribution in [2.75, 3.05) is 0 Å². The molecule has 0 aliphatic heterocycles. The quantitative estimate of drug-likeness (QED) is 0.330. The number of rotatable bonds is 6. The Labute approximate surface area is 171 Å². The minimum Gasteiger partial charge on any atom is -0.488 e. The van der Waals surface area contributed by atoms with Gasteiger partial charge in [0.1, 0.15) is 12.4 Å². The van der Waals surface area contributed by atoms with Crippen molar-refractivity contribution in [1.29, 1.82) is 0 Å². The second-order valence-corrected chi connectivity index (χ2v) is 8.13. The van der Waals surface area contributed by atoms with Gasteiger partial charge in [0.15, 0.2) is 0 Å². The van der Waals surface area contributed by atoms with Crippen LogP contribution in [0.3, 0.4) is 0 Å². The van der Waals surface area contributed by atoms with Crippen molar-refractivity contribution in [2.45, 2.75) is 26.4 Å². The summed E-state index contributed by atoms with van der Waals surface area (Å²) in [5, 5.41) is 2.16. The maximum absolute atomic E-state index is 6.19. The molecule has 28 heavy (non-hydrogen) atoms. The van der Waals surface area contributed by atoms with Gasteiger partial charge in [-0.25, -0.2) is 0 Å². The maximum atomic E-state index is 6.19. The minimum atomic E-state index is 0.545. The molecule has 0 saturated heterocycles. The molecule has 0 bridgehead atoms. The molecule has 1 heterocycles. The molecule has 4 rings (SSSR count). The van der Waals surface area contributed by atoms with Crippen LogP contribution in [-0.4, -0.2) is 0 Å². The molecule has 0 unspecified atom stereocenters. The summed E-state index contributed by atoms with van der Waals surface area (Å²) in [6.07, 6.45) is 0. The van der Waals surface area contributed by atoms with Crippen molar-refractivity contribution in [3.63, 3.8) is 0 Å². The van der Waals surface area contributed by atoms with Crippen LogP contribution >= 0.6 is 11.3 Å². The number of para-hydroxylation sites is 1. The number of hydrogen-bond donors (Lipinski definition) is 0. The summed E-state index contributed by atoms with van der Waals surface area (Å²) in [5.41, 5.74) is 6.17. The highest BCUT2D eigenvalue weighted by atomic mass is 32.1. The van der Waals surface area contributed by atoms with E-state index in [0.29, 0.717) is 12.5 Å². The lowest BCUT2D eigenvalue weighted by molar-refractivity contribution is 0.307. The predicted octanol–water partition coefficient (Wildman–Crippen LogP) is 7.78. The van der Waals surface area contributed by atoms with Gasteiger partial charge >= 0.3 is 0 Å². The highest BCUT2D eigenvalue weighted by Gasteiger charge is 2.14. The van der Waals surface area contributed by atoms with E-state index >= 15 is 0 Å². The van der Waals surface area contributed by atoms with Crippen molar-refractivity contribution in [2.24, 2.45) is 0 Å². The van der Waals surface area contributed by atoms with Gasteiger partial charge in [-0.2, -0.15) is 0 Å².